The van der Waals surface area contributed by atoms with Crippen molar-refractivity contribution >= 4 is 44.5 Å². The molecule has 0 saturated carbocycles. The number of nitrogens with one attached hydrogen (secondary N) is 1. The lowest BCUT2D eigenvalue weighted by molar-refractivity contribution is 0.0636. The molecule has 2 aromatic carbocycles. The van der Waals surface area contributed by atoms with Crippen molar-refractivity contribution in [3.05, 3.63) is 40.4 Å². The van der Waals surface area contributed by atoms with Gasteiger partial charge in [0.15, 0.2) is 0 Å². The molecule has 0 aliphatic carbocycles. The standard InChI is InChI=1S/C16H16BrNO4/c1-16(2,3)22-15(21)18-13-10-7-5-4-6-9(10)12(17)8-11(13)14(19)20/h4-8H,1-3H3,(H,18,21)(H,19,20). The average Bonchev–Trinajstić information content (AvgIpc) is 2.39. The maximum atomic E-state index is 12.0. The van der Waals surface area contributed by atoms with Crippen molar-refractivity contribution in [2.45, 2.75) is 26.4 Å². The van der Waals surface area contributed by atoms with Gasteiger partial charge in [-0.3, -0.25) is 5.32 Å². The minimum Gasteiger partial charge on any atom is -0.478 e. The Morgan fingerprint density at radius 1 is 1.18 bits per heavy atom. The Morgan fingerprint density at radius 2 is 1.77 bits per heavy atom. The number of carboxylic acids is 1. The maximum absolute atomic E-state index is 12.0. The van der Waals surface area contributed by atoms with Gasteiger partial charge in [0, 0.05) is 9.86 Å². The lowest BCUT2D eigenvalue weighted by Gasteiger charge is -2.21. The zero-order chi connectivity index (χ0) is 16.5. The molecule has 5 nitrogen and oxygen atoms in total. The number of anilines is 1. The van der Waals surface area contributed by atoms with Crippen molar-refractivity contribution in [1.82, 2.24) is 0 Å². The van der Waals surface area contributed by atoms with E-state index in [4.69, 9.17) is 4.74 Å². The summed E-state index contributed by atoms with van der Waals surface area (Å²) in [6.07, 6.45) is -0.692. The van der Waals surface area contributed by atoms with E-state index in [2.05, 4.69) is 21.2 Å². The first kappa shape index (κ1) is 16.3. The summed E-state index contributed by atoms with van der Waals surface area (Å²) in [5.74, 6) is -1.13. The Hall–Kier alpha value is -2.08. The second kappa shape index (κ2) is 5.96. The van der Waals surface area contributed by atoms with Crippen LogP contribution in [0.15, 0.2) is 34.8 Å². The van der Waals surface area contributed by atoms with E-state index in [1.54, 1.807) is 32.9 Å². The van der Waals surface area contributed by atoms with E-state index in [9.17, 15) is 14.7 Å². The number of benzene rings is 2. The monoisotopic (exact) mass is 365 g/mol. The summed E-state index contributed by atoms with van der Waals surface area (Å²) in [6, 6.07) is 8.67. The lowest BCUT2D eigenvalue weighted by atomic mass is 10.0. The molecule has 0 spiro atoms. The number of aromatic carboxylic acids is 1. The number of fused-ring (bicyclic) bond motifs is 1. The summed E-state index contributed by atoms with van der Waals surface area (Å²) in [4.78, 5) is 23.5. The summed E-state index contributed by atoms with van der Waals surface area (Å²) < 4.78 is 5.85. The van der Waals surface area contributed by atoms with E-state index in [0.29, 0.717) is 9.86 Å². The van der Waals surface area contributed by atoms with E-state index < -0.39 is 17.7 Å². The average molecular weight is 366 g/mol. The summed E-state index contributed by atoms with van der Waals surface area (Å²) in [6.45, 7) is 5.22. The van der Waals surface area contributed by atoms with Gasteiger partial charge >= 0.3 is 12.1 Å². The first-order valence-electron chi connectivity index (χ1n) is 6.63. The molecule has 1 amide bonds. The zero-order valence-electron chi connectivity index (χ0n) is 12.4. The summed E-state index contributed by atoms with van der Waals surface area (Å²) >= 11 is 3.36. The highest BCUT2D eigenvalue weighted by Gasteiger charge is 2.21. The predicted molar refractivity (Wildman–Crippen MR) is 88.5 cm³/mol. The number of halogens is 1. The number of hydrogen-bond donors (Lipinski definition) is 2. The Balaban J connectivity index is 2.55. The number of hydrogen-bond acceptors (Lipinski definition) is 3. The quantitative estimate of drug-likeness (QED) is 0.812. The van der Waals surface area contributed by atoms with Crippen LogP contribution in [0.4, 0.5) is 10.5 Å². The third-order valence-electron chi connectivity index (χ3n) is 2.85. The first-order chi connectivity index (χ1) is 10.2. The number of ether oxygens (including phenoxy) is 1. The predicted octanol–water partition coefficient (Wildman–Crippen LogP) is 4.65. The fraction of sp³-hybridized carbons (Fsp3) is 0.250. The minimum absolute atomic E-state index is 0.00330. The van der Waals surface area contributed by atoms with Gasteiger partial charge in [0.2, 0.25) is 0 Å². The fourth-order valence-corrected chi connectivity index (χ4v) is 2.61. The van der Waals surface area contributed by atoms with Gasteiger partial charge in [-0.2, -0.15) is 0 Å². The van der Waals surface area contributed by atoms with Gasteiger partial charge in [-0.25, -0.2) is 9.59 Å². The van der Waals surface area contributed by atoms with Crippen LogP contribution in [0.5, 0.6) is 0 Å². The molecular weight excluding hydrogens is 350 g/mol. The van der Waals surface area contributed by atoms with Crippen molar-refractivity contribution in [3.63, 3.8) is 0 Å². The van der Waals surface area contributed by atoms with Gasteiger partial charge < -0.3 is 9.84 Å². The molecule has 0 radical (unpaired) electrons. The van der Waals surface area contributed by atoms with Crippen molar-refractivity contribution in [2.24, 2.45) is 0 Å². The maximum Gasteiger partial charge on any atom is 0.412 e. The molecule has 0 aliphatic heterocycles. The van der Waals surface area contributed by atoms with Crippen molar-refractivity contribution in [1.29, 1.82) is 0 Å². The lowest BCUT2D eigenvalue weighted by Crippen LogP contribution is -2.27. The number of amides is 1. The van der Waals surface area contributed by atoms with Gasteiger partial charge in [0.05, 0.1) is 11.3 Å². The van der Waals surface area contributed by atoms with Crippen molar-refractivity contribution in [3.8, 4) is 0 Å². The summed E-state index contributed by atoms with van der Waals surface area (Å²) in [7, 11) is 0. The fourth-order valence-electron chi connectivity index (χ4n) is 2.04. The number of carbonyl (C=O) groups is 2. The van der Waals surface area contributed by atoms with Crippen molar-refractivity contribution in [2.75, 3.05) is 5.32 Å². The molecule has 116 valence electrons. The topological polar surface area (TPSA) is 75.6 Å². The molecule has 0 unspecified atom stereocenters. The van der Waals surface area contributed by atoms with E-state index in [1.165, 1.54) is 6.07 Å². The molecule has 2 aromatic rings. The Morgan fingerprint density at radius 3 is 2.32 bits per heavy atom. The molecule has 6 heteroatoms. The number of carboxylic acid groups (broad SMARTS) is 1. The Labute approximate surface area is 136 Å². The Bertz CT molecular complexity index is 750. The van der Waals surface area contributed by atoms with Crippen LogP contribution in [-0.2, 0) is 4.74 Å². The Kier molecular flexibility index (Phi) is 4.42. The third-order valence-corrected chi connectivity index (χ3v) is 3.51. The molecule has 0 atom stereocenters. The van der Waals surface area contributed by atoms with Gasteiger partial charge in [0.25, 0.3) is 0 Å². The summed E-state index contributed by atoms with van der Waals surface area (Å²) in [5.41, 5.74) is -0.449. The highest BCUT2D eigenvalue weighted by Crippen LogP contribution is 2.34. The van der Waals surface area contributed by atoms with Gasteiger partial charge in [-0.1, -0.05) is 40.2 Å². The first-order valence-corrected chi connectivity index (χ1v) is 7.43. The molecule has 2 rings (SSSR count). The van der Waals surface area contributed by atoms with Crippen LogP contribution in [0.1, 0.15) is 31.1 Å². The van der Waals surface area contributed by atoms with Crippen LogP contribution in [0.3, 0.4) is 0 Å². The van der Waals surface area contributed by atoms with Gasteiger partial charge in [0.1, 0.15) is 5.60 Å². The molecule has 0 fully saturated rings. The van der Waals surface area contributed by atoms with Crippen LogP contribution in [0.25, 0.3) is 10.8 Å². The highest BCUT2D eigenvalue weighted by molar-refractivity contribution is 9.10. The molecule has 22 heavy (non-hydrogen) atoms. The molecule has 0 heterocycles. The normalized spacial score (nSPS) is 11.3. The number of carbonyl (C=O) groups excluding carboxylic acids is 1. The second-order valence-electron chi connectivity index (χ2n) is 5.76. The molecule has 2 N–H and O–H groups in total. The van der Waals surface area contributed by atoms with E-state index in [-0.39, 0.29) is 11.3 Å². The molecule has 0 aliphatic rings. The SMILES string of the molecule is CC(C)(C)OC(=O)Nc1c(C(=O)O)cc(Br)c2ccccc12. The van der Waals surface area contributed by atoms with E-state index >= 15 is 0 Å². The van der Waals surface area contributed by atoms with Crippen LogP contribution < -0.4 is 5.32 Å². The molecular formula is C16H16BrNO4. The second-order valence-corrected chi connectivity index (χ2v) is 6.61. The summed E-state index contributed by atoms with van der Waals surface area (Å²) in [5, 5.41) is 13.4. The molecule has 0 saturated heterocycles. The minimum atomic E-state index is -1.13. The van der Waals surface area contributed by atoms with Gasteiger partial charge in [-0.15, -0.1) is 0 Å². The van der Waals surface area contributed by atoms with Gasteiger partial charge in [-0.05, 0) is 32.2 Å². The van der Waals surface area contributed by atoms with Crippen LogP contribution in [-0.4, -0.2) is 22.8 Å². The largest absolute Gasteiger partial charge is 0.478 e. The number of rotatable bonds is 2. The molecule has 0 bridgehead atoms. The zero-order valence-corrected chi connectivity index (χ0v) is 14.0. The van der Waals surface area contributed by atoms with Crippen LogP contribution >= 0.6 is 15.9 Å². The highest BCUT2D eigenvalue weighted by atomic mass is 79.9. The third kappa shape index (κ3) is 3.57. The molecule has 0 aromatic heterocycles. The van der Waals surface area contributed by atoms with Crippen LogP contribution in [0, 0.1) is 0 Å². The van der Waals surface area contributed by atoms with Crippen LogP contribution in [0.2, 0.25) is 0 Å². The van der Waals surface area contributed by atoms with Crippen molar-refractivity contribution < 1.29 is 19.4 Å². The smallest absolute Gasteiger partial charge is 0.412 e. The van der Waals surface area contributed by atoms with E-state index in [0.717, 1.165) is 5.39 Å². The van der Waals surface area contributed by atoms with E-state index in [1.807, 2.05) is 12.1 Å².